The van der Waals surface area contributed by atoms with Crippen molar-refractivity contribution in [2.45, 2.75) is 18.7 Å². The van der Waals surface area contributed by atoms with Gasteiger partial charge in [-0.05, 0) is 24.1 Å². The molecule has 5 heteroatoms. The van der Waals surface area contributed by atoms with E-state index in [9.17, 15) is 9.59 Å². The topological polar surface area (TPSA) is 72.2 Å². The fourth-order valence-corrected chi connectivity index (χ4v) is 1.53. The molecule has 0 aliphatic rings. The number of amides is 2. The monoisotopic (exact) mass is 254 g/mol. The highest BCUT2D eigenvalue weighted by Gasteiger charge is 2.05. The highest BCUT2D eigenvalue weighted by Crippen LogP contribution is 2.07. The molecule has 0 aliphatic carbocycles. The van der Waals surface area contributed by atoms with Gasteiger partial charge < -0.3 is 11.1 Å². The maximum atomic E-state index is 11.7. The van der Waals surface area contributed by atoms with Gasteiger partial charge in [0.05, 0.1) is 0 Å². The number of hydrogen-bond acceptors (Lipinski definition) is 2. The Kier molecular flexibility index (Phi) is 5.49. The molecule has 2 amide bonds. The SMILES string of the molecule is NC(=O)CCCNC(=O)c1cccc(CCl)c1. The molecule has 0 radical (unpaired) electrons. The van der Waals surface area contributed by atoms with Crippen molar-refractivity contribution in [3.05, 3.63) is 35.4 Å². The number of alkyl halides is 1. The van der Waals surface area contributed by atoms with E-state index in [2.05, 4.69) is 5.32 Å². The molecule has 0 bridgehead atoms. The number of primary amides is 1. The molecule has 0 saturated heterocycles. The van der Waals surface area contributed by atoms with Crippen LogP contribution in [0.3, 0.4) is 0 Å². The minimum absolute atomic E-state index is 0.165. The fraction of sp³-hybridized carbons (Fsp3) is 0.333. The van der Waals surface area contributed by atoms with Gasteiger partial charge in [-0.3, -0.25) is 9.59 Å². The largest absolute Gasteiger partial charge is 0.370 e. The van der Waals surface area contributed by atoms with Gasteiger partial charge in [0.2, 0.25) is 5.91 Å². The summed E-state index contributed by atoms with van der Waals surface area (Å²) in [5.74, 6) is -0.146. The van der Waals surface area contributed by atoms with Gasteiger partial charge >= 0.3 is 0 Å². The molecule has 3 N–H and O–H groups in total. The number of nitrogens with one attached hydrogen (secondary N) is 1. The van der Waals surface area contributed by atoms with Gasteiger partial charge in [-0.15, -0.1) is 11.6 Å². The third-order valence-corrected chi connectivity index (χ3v) is 2.54. The van der Waals surface area contributed by atoms with Crippen LogP contribution < -0.4 is 11.1 Å². The Hall–Kier alpha value is -1.55. The number of hydrogen-bond donors (Lipinski definition) is 2. The second-order valence-corrected chi connectivity index (χ2v) is 3.93. The Labute approximate surface area is 105 Å². The first kappa shape index (κ1) is 13.5. The molecule has 92 valence electrons. The van der Waals surface area contributed by atoms with E-state index in [0.717, 1.165) is 5.56 Å². The maximum Gasteiger partial charge on any atom is 0.251 e. The first-order chi connectivity index (χ1) is 8.13. The van der Waals surface area contributed by atoms with E-state index in [-0.39, 0.29) is 18.2 Å². The molecule has 1 rings (SSSR count). The van der Waals surface area contributed by atoms with Crippen LogP contribution in [0.5, 0.6) is 0 Å². The van der Waals surface area contributed by atoms with Crippen LogP contribution in [0.25, 0.3) is 0 Å². The summed E-state index contributed by atoms with van der Waals surface area (Å²) in [5, 5.41) is 2.72. The van der Waals surface area contributed by atoms with Crippen molar-refractivity contribution in [1.82, 2.24) is 5.32 Å². The second kappa shape index (κ2) is 6.91. The van der Waals surface area contributed by atoms with Gasteiger partial charge in [0.25, 0.3) is 5.91 Å². The third kappa shape index (κ3) is 4.87. The minimum Gasteiger partial charge on any atom is -0.370 e. The Morgan fingerprint density at radius 2 is 2.12 bits per heavy atom. The van der Waals surface area contributed by atoms with Crippen LogP contribution in [0.4, 0.5) is 0 Å². The Morgan fingerprint density at radius 1 is 1.35 bits per heavy atom. The zero-order chi connectivity index (χ0) is 12.7. The molecule has 0 heterocycles. The van der Waals surface area contributed by atoms with Crippen molar-refractivity contribution in [2.75, 3.05) is 6.54 Å². The number of halogens is 1. The second-order valence-electron chi connectivity index (χ2n) is 3.66. The summed E-state index contributed by atoms with van der Waals surface area (Å²) in [4.78, 5) is 22.2. The quantitative estimate of drug-likeness (QED) is 0.595. The number of rotatable bonds is 6. The van der Waals surface area contributed by atoms with Crippen LogP contribution in [-0.4, -0.2) is 18.4 Å². The zero-order valence-corrected chi connectivity index (χ0v) is 10.2. The van der Waals surface area contributed by atoms with Crippen molar-refractivity contribution in [2.24, 2.45) is 5.73 Å². The average molecular weight is 255 g/mol. The van der Waals surface area contributed by atoms with Gasteiger partial charge in [-0.2, -0.15) is 0 Å². The lowest BCUT2D eigenvalue weighted by Crippen LogP contribution is -2.25. The molecule has 1 aromatic carbocycles. The fourth-order valence-electron chi connectivity index (χ4n) is 1.36. The van der Waals surface area contributed by atoms with E-state index in [4.69, 9.17) is 17.3 Å². The van der Waals surface area contributed by atoms with Crippen molar-refractivity contribution in [3.8, 4) is 0 Å². The highest BCUT2D eigenvalue weighted by atomic mass is 35.5. The summed E-state index contributed by atoms with van der Waals surface area (Å²) in [6, 6.07) is 7.11. The summed E-state index contributed by atoms with van der Waals surface area (Å²) < 4.78 is 0. The van der Waals surface area contributed by atoms with E-state index in [1.807, 2.05) is 6.07 Å². The normalized spacial score (nSPS) is 9.94. The van der Waals surface area contributed by atoms with Gasteiger partial charge in [0, 0.05) is 24.4 Å². The van der Waals surface area contributed by atoms with Gasteiger partial charge in [0.15, 0.2) is 0 Å². The zero-order valence-electron chi connectivity index (χ0n) is 9.41. The first-order valence-corrected chi connectivity index (χ1v) is 5.88. The first-order valence-electron chi connectivity index (χ1n) is 5.35. The molecule has 0 atom stereocenters. The predicted octanol–water partition coefficient (Wildman–Crippen LogP) is 1.42. The predicted molar refractivity (Wildman–Crippen MR) is 66.8 cm³/mol. The molecular weight excluding hydrogens is 240 g/mol. The van der Waals surface area contributed by atoms with Gasteiger partial charge in [-0.25, -0.2) is 0 Å². The number of benzene rings is 1. The van der Waals surface area contributed by atoms with Crippen LogP contribution in [0.1, 0.15) is 28.8 Å². The molecule has 1 aromatic rings. The van der Waals surface area contributed by atoms with E-state index >= 15 is 0 Å². The van der Waals surface area contributed by atoms with Crippen molar-refractivity contribution < 1.29 is 9.59 Å². The van der Waals surface area contributed by atoms with Crippen LogP contribution in [-0.2, 0) is 10.7 Å². The summed E-state index contributed by atoms with van der Waals surface area (Å²) in [5.41, 5.74) is 6.46. The van der Waals surface area contributed by atoms with E-state index in [1.165, 1.54) is 0 Å². The minimum atomic E-state index is -0.358. The van der Waals surface area contributed by atoms with Crippen LogP contribution in [0.2, 0.25) is 0 Å². The molecule has 0 aliphatic heterocycles. The molecule has 0 saturated carbocycles. The van der Waals surface area contributed by atoms with Crippen LogP contribution in [0.15, 0.2) is 24.3 Å². The molecule has 4 nitrogen and oxygen atoms in total. The molecule has 0 unspecified atom stereocenters. The lowest BCUT2D eigenvalue weighted by atomic mass is 10.1. The average Bonchev–Trinajstić information content (AvgIpc) is 2.34. The molecular formula is C12H15ClN2O2. The standard InChI is InChI=1S/C12H15ClN2O2/c13-8-9-3-1-4-10(7-9)12(17)15-6-2-5-11(14)16/h1,3-4,7H,2,5-6,8H2,(H2,14,16)(H,15,17). The Balaban J connectivity index is 2.43. The maximum absolute atomic E-state index is 11.7. The molecule has 0 fully saturated rings. The summed E-state index contributed by atoms with van der Waals surface area (Å²) in [7, 11) is 0. The van der Waals surface area contributed by atoms with Crippen molar-refractivity contribution >= 4 is 23.4 Å². The van der Waals surface area contributed by atoms with Gasteiger partial charge in [-0.1, -0.05) is 12.1 Å². The number of carbonyl (C=O) groups excluding carboxylic acids is 2. The molecule has 17 heavy (non-hydrogen) atoms. The van der Waals surface area contributed by atoms with Crippen molar-refractivity contribution in [3.63, 3.8) is 0 Å². The molecule has 0 aromatic heterocycles. The Bertz CT molecular complexity index is 407. The van der Waals surface area contributed by atoms with E-state index in [1.54, 1.807) is 18.2 Å². The lowest BCUT2D eigenvalue weighted by molar-refractivity contribution is -0.118. The summed E-state index contributed by atoms with van der Waals surface area (Å²) in [6.07, 6.45) is 0.832. The van der Waals surface area contributed by atoms with Crippen molar-refractivity contribution in [1.29, 1.82) is 0 Å². The smallest absolute Gasteiger partial charge is 0.251 e. The number of nitrogens with two attached hydrogens (primary N) is 1. The molecule has 0 spiro atoms. The lowest BCUT2D eigenvalue weighted by Gasteiger charge is -2.05. The third-order valence-electron chi connectivity index (χ3n) is 2.23. The van der Waals surface area contributed by atoms with Crippen LogP contribution >= 0.6 is 11.6 Å². The summed E-state index contributed by atoms with van der Waals surface area (Å²) >= 11 is 5.68. The van der Waals surface area contributed by atoms with E-state index < -0.39 is 0 Å². The van der Waals surface area contributed by atoms with Crippen LogP contribution in [0, 0.1) is 0 Å². The summed E-state index contributed by atoms with van der Waals surface area (Å²) in [6.45, 7) is 0.437. The highest BCUT2D eigenvalue weighted by molar-refractivity contribution is 6.17. The Morgan fingerprint density at radius 3 is 2.76 bits per heavy atom. The number of carbonyl (C=O) groups is 2. The van der Waals surface area contributed by atoms with E-state index in [0.29, 0.717) is 24.4 Å². The van der Waals surface area contributed by atoms with Gasteiger partial charge in [0.1, 0.15) is 0 Å².